The van der Waals surface area contributed by atoms with Gasteiger partial charge in [0.2, 0.25) is 5.91 Å². The van der Waals surface area contributed by atoms with Crippen LogP contribution in [-0.2, 0) is 19.6 Å². The minimum Gasteiger partial charge on any atom is -0.480 e. The quantitative estimate of drug-likeness (QED) is 0.770. The van der Waals surface area contributed by atoms with Gasteiger partial charge >= 0.3 is 5.97 Å². The zero-order valence-corrected chi connectivity index (χ0v) is 15.1. The van der Waals surface area contributed by atoms with Crippen molar-refractivity contribution in [1.82, 2.24) is 5.32 Å². The van der Waals surface area contributed by atoms with E-state index in [1.165, 1.54) is 6.07 Å². The van der Waals surface area contributed by atoms with Crippen LogP contribution in [0.1, 0.15) is 26.2 Å². The van der Waals surface area contributed by atoms with Crippen molar-refractivity contribution in [2.24, 2.45) is 0 Å². The number of carboxylic acids is 1. The fourth-order valence-corrected chi connectivity index (χ4v) is 4.83. The average Bonchev–Trinajstić information content (AvgIpc) is 2.82. The van der Waals surface area contributed by atoms with Crippen LogP contribution in [0.3, 0.4) is 0 Å². The fraction of sp³-hybridized carbons (Fsp3) is 0.333. The largest absolute Gasteiger partial charge is 0.480 e. The highest BCUT2D eigenvalue weighted by molar-refractivity contribution is 7.93. The molecule has 1 aliphatic rings. The third kappa shape index (κ3) is 3.12. The second kappa shape index (κ2) is 6.95. The van der Waals surface area contributed by atoms with Crippen LogP contribution in [0, 0.1) is 0 Å². The number of carbonyl (C=O) groups excluding carboxylic acids is 1. The van der Waals surface area contributed by atoms with Gasteiger partial charge in [0, 0.05) is 5.39 Å². The minimum atomic E-state index is -3.84. The van der Waals surface area contributed by atoms with E-state index in [2.05, 4.69) is 5.32 Å². The summed E-state index contributed by atoms with van der Waals surface area (Å²) in [6.45, 7) is 1.47. The normalized spacial score (nSPS) is 15.8. The molecule has 26 heavy (non-hydrogen) atoms. The lowest BCUT2D eigenvalue weighted by molar-refractivity contribution is -0.141. The highest BCUT2D eigenvalue weighted by Gasteiger charge is 2.37. The maximum Gasteiger partial charge on any atom is 0.326 e. The van der Waals surface area contributed by atoms with Gasteiger partial charge in [0.05, 0.1) is 10.6 Å². The summed E-state index contributed by atoms with van der Waals surface area (Å²) in [4.78, 5) is 23.8. The lowest BCUT2D eigenvalue weighted by Crippen LogP contribution is -2.46. The first-order valence-corrected chi connectivity index (χ1v) is 9.87. The molecule has 0 radical (unpaired) electrons. The molecule has 2 aromatic rings. The number of carboxylic acid groups (broad SMARTS) is 1. The Morgan fingerprint density at radius 1 is 1.19 bits per heavy atom. The smallest absolute Gasteiger partial charge is 0.326 e. The number of amides is 1. The molecule has 1 atom stereocenters. The highest BCUT2D eigenvalue weighted by Crippen LogP contribution is 2.41. The number of unbranched alkanes of at least 4 members (excludes halogenated alkanes) is 1. The van der Waals surface area contributed by atoms with Crippen molar-refractivity contribution >= 4 is 38.4 Å². The van der Waals surface area contributed by atoms with Crippen molar-refractivity contribution in [1.29, 1.82) is 0 Å². The SMILES string of the molecule is CCCCC(NC(=O)CN1c2cccc3cccc(c23)S1(=O)=O)C(=O)O. The maximum absolute atomic E-state index is 12.8. The summed E-state index contributed by atoms with van der Waals surface area (Å²) >= 11 is 0. The van der Waals surface area contributed by atoms with E-state index in [-0.39, 0.29) is 4.90 Å². The molecule has 1 heterocycles. The molecule has 2 aromatic carbocycles. The summed E-state index contributed by atoms with van der Waals surface area (Å²) in [6, 6.07) is 9.16. The van der Waals surface area contributed by atoms with Gasteiger partial charge in [-0.05, 0) is 23.9 Å². The number of sulfonamides is 1. The summed E-state index contributed by atoms with van der Waals surface area (Å²) < 4.78 is 26.7. The summed E-state index contributed by atoms with van der Waals surface area (Å²) in [7, 11) is -3.84. The van der Waals surface area contributed by atoms with Gasteiger partial charge in [0.15, 0.2) is 0 Å². The Labute approximate surface area is 151 Å². The number of hydrogen-bond donors (Lipinski definition) is 2. The average molecular weight is 376 g/mol. The van der Waals surface area contributed by atoms with Gasteiger partial charge in [0.25, 0.3) is 10.0 Å². The van der Waals surface area contributed by atoms with Crippen molar-refractivity contribution in [3.8, 4) is 0 Å². The Bertz CT molecular complexity index is 965. The van der Waals surface area contributed by atoms with Crippen LogP contribution in [0.2, 0.25) is 0 Å². The first kappa shape index (κ1) is 18.2. The molecule has 0 saturated heterocycles. The van der Waals surface area contributed by atoms with Crippen LogP contribution in [-0.4, -0.2) is 38.0 Å². The monoisotopic (exact) mass is 376 g/mol. The topological polar surface area (TPSA) is 104 Å². The lowest BCUT2D eigenvalue weighted by Gasteiger charge is -2.20. The molecular weight excluding hydrogens is 356 g/mol. The van der Waals surface area contributed by atoms with Crippen LogP contribution in [0.4, 0.5) is 5.69 Å². The molecule has 7 nitrogen and oxygen atoms in total. The molecule has 2 N–H and O–H groups in total. The van der Waals surface area contributed by atoms with Gasteiger partial charge in [-0.25, -0.2) is 13.2 Å². The number of anilines is 1. The fourth-order valence-electron chi connectivity index (χ4n) is 3.16. The zero-order valence-electron chi connectivity index (χ0n) is 14.3. The van der Waals surface area contributed by atoms with Gasteiger partial charge in [0.1, 0.15) is 12.6 Å². The summed E-state index contributed by atoms with van der Waals surface area (Å²) in [5.74, 6) is -1.76. The van der Waals surface area contributed by atoms with Gasteiger partial charge in [-0.2, -0.15) is 0 Å². The van der Waals surface area contributed by atoms with Crippen LogP contribution in [0.5, 0.6) is 0 Å². The van der Waals surface area contributed by atoms with Crippen molar-refractivity contribution in [2.75, 3.05) is 10.8 Å². The molecule has 0 saturated carbocycles. The summed E-state index contributed by atoms with van der Waals surface area (Å²) in [5.41, 5.74) is 0.439. The van der Waals surface area contributed by atoms with Crippen molar-refractivity contribution in [3.05, 3.63) is 36.4 Å². The van der Waals surface area contributed by atoms with Crippen molar-refractivity contribution in [2.45, 2.75) is 37.1 Å². The van der Waals surface area contributed by atoms with Gasteiger partial charge in [-0.1, -0.05) is 44.0 Å². The first-order valence-electron chi connectivity index (χ1n) is 8.43. The third-order valence-electron chi connectivity index (χ3n) is 4.45. The Morgan fingerprint density at radius 2 is 1.88 bits per heavy atom. The number of nitrogens with one attached hydrogen (secondary N) is 1. The van der Waals surface area contributed by atoms with E-state index < -0.39 is 34.5 Å². The number of hydrogen-bond acceptors (Lipinski definition) is 4. The molecule has 1 aliphatic heterocycles. The second-order valence-corrected chi connectivity index (χ2v) is 8.07. The maximum atomic E-state index is 12.8. The van der Waals surface area contributed by atoms with Crippen LogP contribution >= 0.6 is 0 Å². The van der Waals surface area contributed by atoms with Gasteiger partial charge < -0.3 is 10.4 Å². The Kier molecular flexibility index (Phi) is 4.86. The number of carbonyl (C=O) groups is 2. The number of nitrogens with zero attached hydrogens (tertiary/aromatic N) is 1. The molecule has 3 rings (SSSR count). The number of aliphatic carboxylic acids is 1. The lowest BCUT2D eigenvalue weighted by atomic mass is 10.1. The molecule has 8 heteroatoms. The molecule has 0 aromatic heterocycles. The molecule has 0 aliphatic carbocycles. The predicted octanol–water partition coefficient (Wildman–Crippen LogP) is 2.11. The standard InChI is InChI=1S/C18H20N2O5S/c1-2-3-8-13(18(22)23)19-16(21)11-20-14-9-4-6-12-7-5-10-15(17(12)14)26(20,24)25/h4-7,9-10,13H,2-3,8,11H2,1H3,(H,19,21)(H,22,23). The van der Waals surface area contributed by atoms with Crippen LogP contribution in [0.25, 0.3) is 10.8 Å². The summed E-state index contributed by atoms with van der Waals surface area (Å²) in [5, 5.41) is 13.0. The summed E-state index contributed by atoms with van der Waals surface area (Å²) in [6.07, 6.45) is 1.77. The Hall–Kier alpha value is -2.61. The Balaban J connectivity index is 1.86. The molecule has 1 unspecified atom stereocenters. The molecule has 1 amide bonds. The van der Waals surface area contributed by atoms with Crippen LogP contribution in [0.15, 0.2) is 41.3 Å². The van der Waals surface area contributed by atoms with E-state index in [1.807, 2.05) is 19.1 Å². The Morgan fingerprint density at radius 3 is 2.54 bits per heavy atom. The van der Waals surface area contributed by atoms with Gasteiger partial charge in [-0.15, -0.1) is 0 Å². The first-order chi connectivity index (χ1) is 12.4. The van der Waals surface area contributed by atoms with Crippen molar-refractivity contribution in [3.63, 3.8) is 0 Å². The third-order valence-corrected chi connectivity index (χ3v) is 6.25. The predicted molar refractivity (Wildman–Crippen MR) is 97.6 cm³/mol. The van der Waals surface area contributed by atoms with Crippen LogP contribution < -0.4 is 9.62 Å². The molecular formula is C18H20N2O5S. The number of rotatable bonds is 7. The minimum absolute atomic E-state index is 0.166. The zero-order chi connectivity index (χ0) is 18.9. The van der Waals surface area contributed by atoms with Gasteiger partial charge in [-0.3, -0.25) is 9.10 Å². The molecule has 0 spiro atoms. The van der Waals surface area contributed by atoms with E-state index in [9.17, 15) is 23.1 Å². The highest BCUT2D eigenvalue weighted by atomic mass is 32.2. The van der Waals surface area contributed by atoms with Crippen molar-refractivity contribution < 1.29 is 23.1 Å². The van der Waals surface area contributed by atoms with E-state index in [1.54, 1.807) is 18.2 Å². The van der Waals surface area contributed by atoms with E-state index in [0.29, 0.717) is 23.9 Å². The van der Waals surface area contributed by atoms with E-state index >= 15 is 0 Å². The van der Waals surface area contributed by atoms with E-state index in [0.717, 1.165) is 16.1 Å². The second-order valence-electron chi connectivity index (χ2n) is 6.24. The molecule has 0 bridgehead atoms. The molecule has 138 valence electrons. The number of benzene rings is 2. The molecule has 0 fully saturated rings. The van der Waals surface area contributed by atoms with E-state index in [4.69, 9.17) is 0 Å².